The Morgan fingerprint density at radius 3 is 0.895 bits per heavy atom. The predicted octanol–water partition coefficient (Wildman–Crippen LogP) is 24.6. The predicted molar refractivity (Wildman–Crippen MR) is 407 cm³/mol. The van der Waals surface area contributed by atoms with Crippen molar-refractivity contribution in [3.8, 4) is 0 Å². The van der Waals surface area contributed by atoms with Gasteiger partial charge >= 0.3 is 11.9 Å². The van der Waals surface area contributed by atoms with E-state index in [1.807, 2.05) is 21.1 Å². The average Bonchev–Trinajstić information content (AvgIpc) is 3.54. The first-order valence-electron chi connectivity index (χ1n) is 40.4. The Bertz CT molecular complexity index is 1890. The topological polar surface area (TPSA) is 111 Å². The molecule has 0 aromatic carbocycles. The van der Waals surface area contributed by atoms with E-state index < -0.39 is 24.3 Å². The molecular formula is C86H153NO8. The van der Waals surface area contributed by atoms with Crippen LogP contribution in [0.5, 0.6) is 0 Å². The number of carboxylic acids is 1. The molecular weight excluding hydrogens is 1170 g/mol. The zero-order valence-electron chi connectivity index (χ0n) is 63.0. The van der Waals surface area contributed by atoms with Crippen molar-refractivity contribution in [2.45, 2.75) is 386 Å². The fourth-order valence-corrected chi connectivity index (χ4v) is 11.7. The third-order valence-electron chi connectivity index (χ3n) is 17.8. The van der Waals surface area contributed by atoms with Gasteiger partial charge in [-0.2, -0.15) is 0 Å². The van der Waals surface area contributed by atoms with Crippen LogP contribution in [0.15, 0.2) is 97.2 Å². The van der Waals surface area contributed by atoms with Gasteiger partial charge in [0, 0.05) is 12.8 Å². The lowest BCUT2D eigenvalue weighted by atomic mass is 10.0. The van der Waals surface area contributed by atoms with E-state index in [2.05, 4.69) is 111 Å². The summed E-state index contributed by atoms with van der Waals surface area (Å²) >= 11 is 0. The SMILES string of the molecule is CC/C=C\C/C=C\C/C=C\C/C=C\C/C=C\C/C=C\CCCCCCCCCCCCCCCCCCCCCCCCC(=O)OC(COC(=O)CCCCCCCCCCCCCCCCCCC/C=C\C/C=C\CCCCCCC)COC(OCC[N+](C)(C)C)C(=O)[O-]. The highest BCUT2D eigenvalue weighted by Crippen LogP contribution is 2.19. The summed E-state index contributed by atoms with van der Waals surface area (Å²) in [7, 11) is 5.95. The summed E-state index contributed by atoms with van der Waals surface area (Å²) in [5, 5.41) is 11.9. The van der Waals surface area contributed by atoms with Gasteiger partial charge in [-0.15, -0.1) is 0 Å². The Labute approximate surface area is 588 Å². The summed E-state index contributed by atoms with van der Waals surface area (Å²) in [6, 6.07) is 0. The number of allylic oxidation sites excluding steroid dienone is 16. The highest BCUT2D eigenvalue weighted by molar-refractivity contribution is 5.70. The van der Waals surface area contributed by atoms with Crippen molar-refractivity contribution >= 4 is 17.9 Å². The van der Waals surface area contributed by atoms with Gasteiger partial charge in [-0.3, -0.25) is 9.59 Å². The third-order valence-corrected chi connectivity index (χ3v) is 17.8. The summed E-state index contributed by atoms with van der Waals surface area (Å²) in [4.78, 5) is 37.6. The molecule has 2 unspecified atom stereocenters. The minimum atomic E-state index is -1.62. The largest absolute Gasteiger partial charge is 0.545 e. The number of quaternary nitrogens is 1. The standard InChI is InChI=1S/C86H153NO8/c1-6-8-10-12-14-16-18-20-22-24-26-28-30-32-34-36-37-38-39-40-41-42-43-44-45-46-47-49-51-53-55-57-59-61-63-65-67-69-71-73-75-77-84(89)95-82(81-94-86(85(90)91)92-79-78-87(3,4)5)80-93-83(88)76-74-72-70-68-66-64-62-60-58-56-54-52-50-48-35-33-31-29-27-25-23-21-19-17-15-13-11-9-7-2/h8,10,14,16,19-22,25-28,32,34,37-38,82,86H,6-7,9,11-13,15,17-18,23-24,29-31,33,35-36,39-81H2,1-5H3/b10-8-,16-14-,21-19-,22-20-,27-25-,28-26-,34-32-,38-37-. The second kappa shape index (κ2) is 76.0. The maximum absolute atomic E-state index is 13.0. The van der Waals surface area contributed by atoms with Crippen LogP contribution in [0.1, 0.15) is 373 Å². The van der Waals surface area contributed by atoms with Gasteiger partial charge in [0.2, 0.25) is 0 Å². The van der Waals surface area contributed by atoms with Crippen molar-refractivity contribution in [1.82, 2.24) is 0 Å². The van der Waals surface area contributed by atoms with Crippen molar-refractivity contribution in [2.75, 3.05) is 47.5 Å². The van der Waals surface area contributed by atoms with Crippen molar-refractivity contribution in [3.05, 3.63) is 97.2 Å². The van der Waals surface area contributed by atoms with Crippen molar-refractivity contribution in [2.24, 2.45) is 0 Å². The number of unbranched alkanes of at least 4 members (excludes halogenated alkanes) is 44. The fourth-order valence-electron chi connectivity index (χ4n) is 11.7. The zero-order valence-corrected chi connectivity index (χ0v) is 63.0. The van der Waals surface area contributed by atoms with E-state index in [0.29, 0.717) is 23.9 Å². The van der Waals surface area contributed by atoms with E-state index in [1.165, 1.54) is 263 Å². The lowest BCUT2D eigenvalue weighted by molar-refractivity contribution is -0.870. The van der Waals surface area contributed by atoms with Gasteiger partial charge in [-0.25, -0.2) is 0 Å². The van der Waals surface area contributed by atoms with E-state index in [4.69, 9.17) is 18.9 Å². The summed E-state index contributed by atoms with van der Waals surface area (Å²) in [6.45, 7) is 4.68. The molecule has 0 aliphatic heterocycles. The Kier molecular flexibility index (Phi) is 72.9. The molecule has 0 spiro atoms. The molecule has 0 saturated heterocycles. The van der Waals surface area contributed by atoms with E-state index >= 15 is 0 Å². The van der Waals surface area contributed by atoms with Crippen LogP contribution in [-0.2, 0) is 33.3 Å². The van der Waals surface area contributed by atoms with Gasteiger partial charge in [0.25, 0.3) is 0 Å². The molecule has 0 fully saturated rings. The summed E-state index contributed by atoms with van der Waals surface area (Å²) in [5.74, 6) is -2.26. The van der Waals surface area contributed by atoms with E-state index in [1.54, 1.807) is 0 Å². The van der Waals surface area contributed by atoms with Crippen LogP contribution in [0.4, 0.5) is 0 Å². The molecule has 0 bridgehead atoms. The lowest BCUT2D eigenvalue weighted by Crippen LogP contribution is -2.44. The van der Waals surface area contributed by atoms with E-state index in [0.717, 1.165) is 77.0 Å². The first kappa shape index (κ1) is 91.2. The van der Waals surface area contributed by atoms with E-state index in [9.17, 15) is 19.5 Å². The molecule has 2 atom stereocenters. The van der Waals surface area contributed by atoms with Crippen LogP contribution >= 0.6 is 0 Å². The van der Waals surface area contributed by atoms with Crippen molar-refractivity contribution in [1.29, 1.82) is 0 Å². The smallest absolute Gasteiger partial charge is 0.306 e. The maximum atomic E-state index is 13.0. The number of ether oxygens (including phenoxy) is 4. The van der Waals surface area contributed by atoms with Gasteiger partial charge in [-0.1, -0.05) is 361 Å². The molecule has 95 heavy (non-hydrogen) atoms. The minimum absolute atomic E-state index is 0.148. The average molecular weight is 1330 g/mol. The van der Waals surface area contributed by atoms with Crippen LogP contribution in [-0.4, -0.2) is 82.3 Å². The molecule has 0 rings (SSSR count). The number of likely N-dealkylation sites (N-methyl/N-ethyl adjacent to an activating group) is 1. The number of hydrogen-bond donors (Lipinski definition) is 0. The van der Waals surface area contributed by atoms with Gasteiger partial charge < -0.3 is 33.3 Å². The number of aliphatic carboxylic acids is 1. The number of hydrogen-bond acceptors (Lipinski definition) is 8. The summed E-state index contributed by atoms with van der Waals surface area (Å²) in [6.07, 6.45) is 102. The molecule has 0 N–H and O–H groups in total. The van der Waals surface area contributed by atoms with Crippen molar-refractivity contribution < 1.29 is 42.9 Å². The second-order valence-corrected chi connectivity index (χ2v) is 28.3. The van der Waals surface area contributed by atoms with Crippen LogP contribution in [0, 0.1) is 0 Å². The Morgan fingerprint density at radius 2 is 0.600 bits per heavy atom. The third kappa shape index (κ3) is 77.4. The number of carbonyl (C=O) groups excluding carboxylic acids is 3. The molecule has 0 aromatic rings. The first-order valence-corrected chi connectivity index (χ1v) is 40.4. The molecule has 0 saturated carbocycles. The number of rotatable bonds is 75. The molecule has 9 heteroatoms. The Balaban J connectivity index is 3.98. The number of carboxylic acid groups (broad SMARTS) is 1. The summed E-state index contributed by atoms with van der Waals surface area (Å²) < 4.78 is 22.9. The molecule has 0 heterocycles. The second-order valence-electron chi connectivity index (χ2n) is 28.3. The highest BCUT2D eigenvalue weighted by atomic mass is 16.7. The number of carbonyl (C=O) groups is 3. The van der Waals surface area contributed by atoms with Gasteiger partial charge in [0.15, 0.2) is 12.4 Å². The number of nitrogens with zero attached hydrogens (tertiary/aromatic N) is 1. The Morgan fingerprint density at radius 1 is 0.326 bits per heavy atom. The number of esters is 2. The molecule has 0 radical (unpaired) electrons. The van der Waals surface area contributed by atoms with Gasteiger partial charge in [-0.05, 0) is 96.3 Å². The molecule has 0 aromatic heterocycles. The molecule has 550 valence electrons. The van der Waals surface area contributed by atoms with Crippen LogP contribution in [0.3, 0.4) is 0 Å². The highest BCUT2D eigenvalue weighted by Gasteiger charge is 2.22. The molecule has 9 nitrogen and oxygen atoms in total. The van der Waals surface area contributed by atoms with Crippen LogP contribution in [0.25, 0.3) is 0 Å². The Hall–Kier alpha value is -3.79. The van der Waals surface area contributed by atoms with E-state index in [-0.39, 0.29) is 32.2 Å². The van der Waals surface area contributed by atoms with Gasteiger partial charge in [0.1, 0.15) is 13.2 Å². The minimum Gasteiger partial charge on any atom is -0.545 e. The zero-order chi connectivity index (χ0) is 69.0. The van der Waals surface area contributed by atoms with Crippen molar-refractivity contribution in [3.63, 3.8) is 0 Å². The first-order chi connectivity index (χ1) is 46.6. The monoisotopic (exact) mass is 1330 g/mol. The fraction of sp³-hybridized carbons (Fsp3) is 0.779. The maximum Gasteiger partial charge on any atom is 0.306 e. The van der Waals surface area contributed by atoms with Gasteiger partial charge in [0.05, 0.1) is 40.3 Å². The quantitative estimate of drug-likeness (QED) is 0.0195. The molecule has 0 aliphatic rings. The van der Waals surface area contributed by atoms with Crippen LogP contribution in [0.2, 0.25) is 0 Å². The summed E-state index contributed by atoms with van der Waals surface area (Å²) in [5.41, 5.74) is 0. The van der Waals surface area contributed by atoms with Crippen LogP contribution < -0.4 is 5.11 Å². The molecule has 0 amide bonds. The molecule has 0 aliphatic carbocycles. The lowest BCUT2D eigenvalue weighted by Gasteiger charge is -2.26. The normalized spacial score (nSPS) is 13.1.